The van der Waals surface area contributed by atoms with E-state index in [1.54, 1.807) is 0 Å². The molecule has 0 aliphatic carbocycles. The number of aliphatic hydroxyl groups excluding tert-OH is 2. The van der Waals surface area contributed by atoms with Crippen molar-refractivity contribution >= 4 is 16.6 Å². The van der Waals surface area contributed by atoms with E-state index in [-0.39, 0.29) is 25.4 Å². The van der Waals surface area contributed by atoms with Gasteiger partial charge in [0, 0.05) is 13.2 Å². The van der Waals surface area contributed by atoms with E-state index in [2.05, 4.69) is 0 Å². The van der Waals surface area contributed by atoms with Gasteiger partial charge in [0.1, 0.15) is 0 Å². The predicted molar refractivity (Wildman–Crippen MR) is 54.2 cm³/mol. The van der Waals surface area contributed by atoms with E-state index in [0.717, 1.165) is 12.8 Å². The lowest BCUT2D eigenvalue weighted by Crippen LogP contribution is -1.97. The first-order chi connectivity index (χ1) is 6.89. The Morgan fingerprint density at radius 1 is 1.13 bits per heavy atom. The molecule has 94 valence electrons. The number of rotatable bonds is 4. The molecule has 7 nitrogen and oxygen atoms in total. The molecule has 0 heterocycles. The van der Waals surface area contributed by atoms with Crippen LogP contribution in [0, 0.1) is 0 Å². The third-order valence-corrected chi connectivity index (χ3v) is 1.66. The summed E-state index contributed by atoms with van der Waals surface area (Å²) in [6, 6.07) is 0. The highest BCUT2D eigenvalue weighted by Gasteiger charge is 1.93. The smallest absolute Gasteiger partial charge is 0.290 e. The molecule has 0 bridgehead atoms. The number of hydrogen-bond donors (Lipinski definition) is 4. The van der Waals surface area contributed by atoms with Gasteiger partial charge in [0.05, 0.1) is 5.75 Å². The molecule has 0 aromatic heterocycles. The second kappa shape index (κ2) is 15.8. The van der Waals surface area contributed by atoms with Gasteiger partial charge in [-0.3, -0.25) is 9.35 Å². The van der Waals surface area contributed by atoms with Crippen LogP contribution in [0.2, 0.25) is 0 Å². The van der Waals surface area contributed by atoms with Crippen molar-refractivity contribution in [3.8, 4) is 0 Å². The van der Waals surface area contributed by atoms with Gasteiger partial charge in [-0.2, -0.15) is 8.42 Å². The van der Waals surface area contributed by atoms with E-state index in [4.69, 9.17) is 24.7 Å². The molecule has 0 atom stereocenters. The Labute approximate surface area is 89.1 Å². The Bertz CT molecular complexity index is 195. The molecule has 0 aliphatic rings. The lowest BCUT2D eigenvalue weighted by Gasteiger charge is -1.85. The fraction of sp³-hybridized carbons (Fsp3) is 0.857. The van der Waals surface area contributed by atoms with Gasteiger partial charge in [-0.05, 0) is 19.8 Å². The van der Waals surface area contributed by atoms with Crippen molar-refractivity contribution in [2.45, 2.75) is 19.8 Å². The third kappa shape index (κ3) is 60.5. The van der Waals surface area contributed by atoms with Crippen molar-refractivity contribution in [1.29, 1.82) is 0 Å². The van der Waals surface area contributed by atoms with Gasteiger partial charge in [-0.25, -0.2) is 0 Å². The summed E-state index contributed by atoms with van der Waals surface area (Å²) >= 11 is 0. The van der Waals surface area contributed by atoms with Crippen LogP contribution in [-0.2, 0) is 14.9 Å². The van der Waals surface area contributed by atoms with Crippen molar-refractivity contribution in [2.75, 3.05) is 19.0 Å². The molecule has 0 saturated heterocycles. The van der Waals surface area contributed by atoms with Crippen LogP contribution < -0.4 is 0 Å². The zero-order valence-corrected chi connectivity index (χ0v) is 9.35. The molecule has 4 N–H and O–H groups in total. The van der Waals surface area contributed by atoms with Crippen LogP contribution in [0.25, 0.3) is 0 Å². The van der Waals surface area contributed by atoms with Gasteiger partial charge >= 0.3 is 0 Å². The lowest BCUT2D eigenvalue weighted by atomic mass is 10.3. The van der Waals surface area contributed by atoms with Crippen molar-refractivity contribution in [1.82, 2.24) is 0 Å². The first kappa shape index (κ1) is 19.8. The summed E-state index contributed by atoms with van der Waals surface area (Å²) < 4.78 is 26.9. The molecule has 0 radical (unpaired) electrons. The number of aliphatic hydroxyl groups is 2. The summed E-state index contributed by atoms with van der Waals surface area (Å²) in [7, 11) is -3.66. The van der Waals surface area contributed by atoms with Gasteiger partial charge in [-0.1, -0.05) is 0 Å². The number of carboxylic acid groups (broad SMARTS) is 1. The molecular formula is C7H18O7S. The minimum atomic E-state index is -3.66. The van der Waals surface area contributed by atoms with Gasteiger partial charge in [0.15, 0.2) is 0 Å². The molecule has 8 heteroatoms. The first-order valence-electron chi connectivity index (χ1n) is 4.14. The molecule has 0 aromatic carbocycles. The van der Waals surface area contributed by atoms with Crippen LogP contribution >= 0.6 is 0 Å². The summed E-state index contributed by atoms with van der Waals surface area (Å²) in [4.78, 5) is 8.36. The highest BCUT2D eigenvalue weighted by molar-refractivity contribution is 7.85. The standard InChI is InChI=1S/C4H10O2.C2H6O3S.CH2O2/c5-3-1-2-4-6;1-2-6(3,4)5;2-1-3/h5-6H,1-4H2;2H2,1H3,(H,3,4,5);1H,(H,2,3). The molecule has 0 saturated carbocycles. The maximum absolute atomic E-state index is 9.56. The van der Waals surface area contributed by atoms with Crippen LogP contribution in [0.4, 0.5) is 0 Å². The average molecular weight is 246 g/mol. The molecule has 15 heavy (non-hydrogen) atoms. The third-order valence-electron chi connectivity index (χ3n) is 0.931. The minimum absolute atomic E-state index is 0.195. The zero-order chi connectivity index (χ0) is 12.7. The largest absolute Gasteiger partial charge is 0.483 e. The van der Waals surface area contributed by atoms with Crippen molar-refractivity contribution < 1.29 is 33.1 Å². The van der Waals surface area contributed by atoms with Gasteiger partial charge in [-0.15, -0.1) is 0 Å². The molecule has 0 fully saturated rings. The topological polar surface area (TPSA) is 132 Å². The Kier molecular flexibility index (Phi) is 20.8. The normalized spacial score (nSPS) is 9.07. The van der Waals surface area contributed by atoms with Crippen molar-refractivity contribution in [3.63, 3.8) is 0 Å². The van der Waals surface area contributed by atoms with Gasteiger partial charge in [0.25, 0.3) is 16.6 Å². The fourth-order valence-corrected chi connectivity index (χ4v) is 0.224. The van der Waals surface area contributed by atoms with Gasteiger partial charge in [0.2, 0.25) is 0 Å². The second-order valence-electron chi connectivity index (χ2n) is 2.13. The van der Waals surface area contributed by atoms with Crippen LogP contribution in [0.15, 0.2) is 0 Å². The Hall–Kier alpha value is -0.700. The lowest BCUT2D eigenvalue weighted by molar-refractivity contribution is -0.122. The fourth-order valence-electron chi connectivity index (χ4n) is 0.224. The maximum Gasteiger partial charge on any atom is 0.290 e. The molecular weight excluding hydrogens is 228 g/mol. The molecule has 0 amide bonds. The molecule has 0 rings (SSSR count). The summed E-state index contributed by atoms with van der Waals surface area (Å²) in [5.74, 6) is -0.201. The Balaban J connectivity index is -0.000000153. The summed E-state index contributed by atoms with van der Waals surface area (Å²) in [6.45, 7) is 1.51. The van der Waals surface area contributed by atoms with E-state index < -0.39 is 10.1 Å². The quantitative estimate of drug-likeness (QED) is 0.294. The Morgan fingerprint density at radius 2 is 1.33 bits per heavy atom. The number of hydrogen-bond acceptors (Lipinski definition) is 5. The molecule has 0 spiro atoms. The van der Waals surface area contributed by atoms with E-state index in [1.807, 2.05) is 0 Å². The van der Waals surface area contributed by atoms with E-state index in [0.29, 0.717) is 0 Å². The summed E-state index contributed by atoms with van der Waals surface area (Å²) in [5.41, 5.74) is 0. The van der Waals surface area contributed by atoms with Crippen LogP contribution in [-0.4, -0.2) is 53.7 Å². The predicted octanol–water partition coefficient (Wildman–Crippen LogP) is -0.654. The SMILES string of the molecule is CCS(=O)(=O)O.O=CO.OCCCCO. The Morgan fingerprint density at radius 3 is 1.40 bits per heavy atom. The van der Waals surface area contributed by atoms with E-state index in [1.165, 1.54) is 6.92 Å². The number of unbranched alkanes of at least 4 members (excludes halogenated alkanes) is 1. The van der Waals surface area contributed by atoms with Crippen LogP contribution in [0.1, 0.15) is 19.8 Å². The molecule has 0 aromatic rings. The van der Waals surface area contributed by atoms with Crippen molar-refractivity contribution in [3.05, 3.63) is 0 Å². The summed E-state index contributed by atoms with van der Waals surface area (Å²) in [6.07, 6.45) is 1.44. The van der Waals surface area contributed by atoms with Crippen LogP contribution in [0.3, 0.4) is 0 Å². The highest BCUT2D eigenvalue weighted by Crippen LogP contribution is 1.80. The maximum atomic E-state index is 9.56. The number of carbonyl (C=O) groups is 1. The molecule has 0 aliphatic heterocycles. The minimum Gasteiger partial charge on any atom is -0.483 e. The summed E-state index contributed by atoms with van der Waals surface area (Å²) in [5, 5.41) is 23.1. The average Bonchev–Trinajstić information content (AvgIpc) is 2.16. The highest BCUT2D eigenvalue weighted by atomic mass is 32.2. The second-order valence-corrected chi connectivity index (χ2v) is 3.87. The van der Waals surface area contributed by atoms with E-state index >= 15 is 0 Å². The van der Waals surface area contributed by atoms with Crippen LogP contribution in [0.5, 0.6) is 0 Å². The van der Waals surface area contributed by atoms with Gasteiger partial charge < -0.3 is 15.3 Å². The zero-order valence-electron chi connectivity index (χ0n) is 8.53. The first-order valence-corrected chi connectivity index (χ1v) is 5.75. The molecule has 0 unspecified atom stereocenters. The monoisotopic (exact) mass is 246 g/mol. The van der Waals surface area contributed by atoms with Crippen molar-refractivity contribution in [2.24, 2.45) is 0 Å². The van der Waals surface area contributed by atoms with E-state index in [9.17, 15) is 8.42 Å².